The van der Waals surface area contributed by atoms with E-state index in [1.807, 2.05) is 30.3 Å². The van der Waals surface area contributed by atoms with Gasteiger partial charge in [0.05, 0.1) is 16.5 Å². The van der Waals surface area contributed by atoms with Crippen molar-refractivity contribution in [2.45, 2.75) is 24.3 Å². The molecule has 0 spiro atoms. The Bertz CT molecular complexity index is 1170. The number of benzene rings is 2. The van der Waals surface area contributed by atoms with E-state index in [0.717, 1.165) is 21.2 Å². The quantitative estimate of drug-likeness (QED) is 0.307. The highest BCUT2D eigenvalue weighted by Gasteiger charge is 2.18. The lowest BCUT2D eigenvalue weighted by Crippen LogP contribution is -2.35. The number of hydrogen-bond acceptors (Lipinski definition) is 5. The highest BCUT2D eigenvalue weighted by Crippen LogP contribution is 2.40. The number of unbranched alkanes of at least 4 members (excludes halogenated alkanes) is 1. The standard InChI is InChI=1S/C21H20N2O3S3/c24-29(25,26)15-6-5-14-23-17-9-2-4-11-19(17)28-21(23)13-7-12-20-22-16-8-1-3-10-18(16)27-20/h1-4,7-13H,5-6,14-15H2,(H,24,25,26)/p+1. The third kappa shape index (κ3) is 5.08. The molecule has 0 saturated heterocycles. The molecule has 1 aliphatic rings. The average molecular weight is 446 g/mol. The summed E-state index contributed by atoms with van der Waals surface area (Å²) >= 11 is 3.42. The molecule has 1 aliphatic heterocycles. The maximum Gasteiger partial charge on any atom is 0.264 e. The number of nitrogens with zero attached hydrogens (tertiary/aromatic N) is 1. The normalized spacial score (nSPS) is 15.3. The molecule has 0 atom stereocenters. The fraction of sp³-hybridized carbons (Fsp3) is 0.190. The predicted molar refractivity (Wildman–Crippen MR) is 121 cm³/mol. The van der Waals surface area contributed by atoms with E-state index < -0.39 is 10.1 Å². The molecule has 2 N–H and O–H groups in total. The van der Waals surface area contributed by atoms with Gasteiger partial charge >= 0.3 is 0 Å². The van der Waals surface area contributed by atoms with Crippen molar-refractivity contribution in [3.05, 3.63) is 70.7 Å². The van der Waals surface area contributed by atoms with Gasteiger partial charge in [-0.05, 0) is 30.7 Å². The fourth-order valence-corrected chi connectivity index (χ4v) is 5.78. The van der Waals surface area contributed by atoms with Crippen LogP contribution >= 0.6 is 23.1 Å². The van der Waals surface area contributed by atoms with E-state index in [-0.39, 0.29) is 5.75 Å². The molecular formula is C21H21N2O3S3+. The minimum absolute atomic E-state index is 0.198. The van der Waals surface area contributed by atoms with Crippen LogP contribution in [0.25, 0.3) is 16.3 Å². The van der Waals surface area contributed by atoms with Crippen LogP contribution in [0.4, 0.5) is 5.69 Å². The van der Waals surface area contributed by atoms with E-state index in [2.05, 4.69) is 46.3 Å². The smallest absolute Gasteiger partial charge is 0.264 e. The van der Waals surface area contributed by atoms with E-state index in [4.69, 9.17) is 4.55 Å². The van der Waals surface area contributed by atoms with Crippen molar-refractivity contribution in [1.29, 1.82) is 0 Å². The lowest BCUT2D eigenvalue weighted by atomic mass is 10.3. The highest BCUT2D eigenvalue weighted by molar-refractivity contribution is 8.03. The topological polar surface area (TPSA) is 70.3 Å². The molecule has 0 fully saturated rings. The Labute approximate surface area is 178 Å². The molecule has 0 aliphatic carbocycles. The van der Waals surface area contributed by atoms with Gasteiger partial charge in [0.2, 0.25) is 5.52 Å². The number of allylic oxidation sites excluding steroid dienone is 2. The van der Waals surface area contributed by atoms with Gasteiger partial charge in [0.15, 0.2) is 6.54 Å². The summed E-state index contributed by atoms with van der Waals surface area (Å²) in [5.41, 5.74) is 2.27. The lowest BCUT2D eigenvalue weighted by molar-refractivity contribution is -0.669. The average Bonchev–Trinajstić information content (AvgIpc) is 3.25. The predicted octanol–water partition coefficient (Wildman–Crippen LogP) is 4.93. The summed E-state index contributed by atoms with van der Waals surface area (Å²) in [7, 11) is -3.90. The summed E-state index contributed by atoms with van der Waals surface area (Å²) in [6.07, 6.45) is 7.31. The van der Waals surface area contributed by atoms with E-state index in [1.54, 1.807) is 23.1 Å². The molecule has 0 radical (unpaired) electrons. The molecule has 2 heterocycles. The number of aryl methyl sites for hydroxylation is 1. The zero-order valence-corrected chi connectivity index (χ0v) is 18.1. The molecule has 4 rings (SSSR count). The molecule has 2 aromatic carbocycles. The van der Waals surface area contributed by atoms with Crippen LogP contribution in [0.1, 0.15) is 17.8 Å². The van der Waals surface area contributed by atoms with Gasteiger partial charge in [-0.25, -0.2) is 0 Å². The Morgan fingerprint density at radius 2 is 1.86 bits per heavy atom. The maximum atomic E-state index is 10.9. The zero-order chi connectivity index (χ0) is 20.3. The summed E-state index contributed by atoms with van der Waals surface area (Å²) in [5.74, 6) is -0.198. The molecule has 0 amide bonds. The van der Waals surface area contributed by atoms with Crippen LogP contribution < -0.4 is 9.88 Å². The monoisotopic (exact) mass is 445 g/mol. The zero-order valence-electron chi connectivity index (χ0n) is 15.6. The number of anilines is 1. The molecule has 3 aromatic rings. The maximum absolute atomic E-state index is 10.9. The summed E-state index contributed by atoms with van der Waals surface area (Å²) in [6.45, 7) is 0.703. The van der Waals surface area contributed by atoms with Crippen molar-refractivity contribution >= 4 is 55.2 Å². The van der Waals surface area contributed by atoms with E-state index in [0.29, 0.717) is 19.4 Å². The highest BCUT2D eigenvalue weighted by atomic mass is 32.2. The van der Waals surface area contributed by atoms with Gasteiger partial charge in [-0.15, -0.1) is 0 Å². The van der Waals surface area contributed by atoms with Crippen molar-refractivity contribution in [3.63, 3.8) is 0 Å². The van der Waals surface area contributed by atoms with Crippen molar-refractivity contribution in [2.75, 3.05) is 11.1 Å². The second-order valence-corrected chi connectivity index (χ2v) is 10.4. The molecule has 1 aromatic heterocycles. The van der Waals surface area contributed by atoms with Gasteiger partial charge in [0, 0.05) is 23.5 Å². The number of rotatable bonds is 7. The first-order valence-electron chi connectivity index (χ1n) is 9.28. The number of thioether (sulfide) groups is 1. The third-order valence-electron chi connectivity index (χ3n) is 4.52. The summed E-state index contributed by atoms with van der Waals surface area (Å²) < 4.78 is 34.2. The van der Waals surface area contributed by atoms with Gasteiger partial charge in [-0.2, -0.15) is 13.0 Å². The Hall–Kier alpha value is -2.13. The number of aromatic nitrogens is 1. The molecule has 0 bridgehead atoms. The van der Waals surface area contributed by atoms with Crippen molar-refractivity contribution in [3.8, 4) is 0 Å². The van der Waals surface area contributed by atoms with Crippen molar-refractivity contribution in [2.24, 2.45) is 0 Å². The fourth-order valence-electron chi connectivity index (χ4n) is 3.19. The van der Waals surface area contributed by atoms with E-state index in [9.17, 15) is 8.42 Å². The van der Waals surface area contributed by atoms with Gasteiger partial charge in [-0.3, -0.25) is 4.55 Å². The molecule has 8 heteroatoms. The second kappa shape index (κ2) is 8.71. The Morgan fingerprint density at radius 1 is 1.07 bits per heavy atom. The van der Waals surface area contributed by atoms with Crippen LogP contribution in [0.3, 0.4) is 0 Å². The molecular weight excluding hydrogens is 424 g/mol. The van der Waals surface area contributed by atoms with Crippen LogP contribution in [0.5, 0.6) is 0 Å². The Kier molecular flexibility index (Phi) is 6.05. The first-order chi connectivity index (χ1) is 14.0. The number of nitrogens with one attached hydrogen (secondary N) is 1. The number of thiazole rings is 1. The van der Waals surface area contributed by atoms with Crippen LogP contribution in [-0.4, -0.2) is 18.7 Å². The van der Waals surface area contributed by atoms with E-state index >= 15 is 0 Å². The first kappa shape index (κ1) is 20.2. The molecule has 5 nitrogen and oxygen atoms in total. The van der Waals surface area contributed by atoms with Gasteiger partial charge in [-0.1, -0.05) is 53.4 Å². The van der Waals surface area contributed by atoms with E-state index in [1.165, 1.54) is 9.60 Å². The molecule has 29 heavy (non-hydrogen) atoms. The molecule has 150 valence electrons. The van der Waals surface area contributed by atoms with Crippen LogP contribution in [0.15, 0.2) is 70.6 Å². The van der Waals surface area contributed by atoms with Gasteiger partial charge in [0.25, 0.3) is 15.1 Å². The van der Waals surface area contributed by atoms with Crippen molar-refractivity contribution in [1.82, 2.24) is 0 Å². The number of hydrogen-bond donors (Lipinski definition) is 2. The van der Waals surface area contributed by atoms with Crippen molar-refractivity contribution < 1.29 is 17.5 Å². The third-order valence-corrected chi connectivity index (χ3v) is 7.49. The second-order valence-electron chi connectivity index (χ2n) is 6.67. The van der Waals surface area contributed by atoms with Crippen LogP contribution in [0, 0.1) is 0 Å². The lowest BCUT2D eigenvalue weighted by Gasteiger charge is -1.98. The largest absolute Gasteiger partial charge is 0.349 e. The minimum Gasteiger partial charge on any atom is -0.349 e. The van der Waals surface area contributed by atoms with Crippen LogP contribution in [0.2, 0.25) is 0 Å². The summed E-state index contributed by atoms with van der Waals surface area (Å²) in [5, 5.41) is 5.60. The first-order valence-corrected chi connectivity index (χ1v) is 12.5. The molecule has 0 saturated carbocycles. The number of para-hydroxylation sites is 2. The SMILES string of the molecule is O=S(=O)(O)CCCC[n+]1c(C=CC=C2Nc3ccccc3S2)sc2ccccc21. The summed E-state index contributed by atoms with van der Waals surface area (Å²) in [6, 6.07) is 16.4. The summed E-state index contributed by atoms with van der Waals surface area (Å²) in [4.78, 5) is 1.22. The Morgan fingerprint density at radius 3 is 2.69 bits per heavy atom. The van der Waals surface area contributed by atoms with Crippen LogP contribution in [-0.2, 0) is 16.7 Å². The van der Waals surface area contributed by atoms with Gasteiger partial charge in [0.1, 0.15) is 4.70 Å². The minimum atomic E-state index is -3.90. The molecule has 0 unspecified atom stereocenters. The van der Waals surface area contributed by atoms with Gasteiger partial charge < -0.3 is 5.32 Å². The number of fused-ring (bicyclic) bond motifs is 2. The Balaban J connectivity index is 1.51.